The van der Waals surface area contributed by atoms with Crippen LogP contribution in [0.15, 0.2) is 60.7 Å². The molecule has 0 heterocycles. The van der Waals surface area contributed by atoms with Gasteiger partial charge in [0.25, 0.3) is 0 Å². The third-order valence-corrected chi connectivity index (χ3v) is 5.46. The molecule has 156 valence electrons. The van der Waals surface area contributed by atoms with Crippen LogP contribution in [0.5, 0.6) is 0 Å². The van der Waals surface area contributed by atoms with Gasteiger partial charge in [-0.2, -0.15) is 11.8 Å². The highest BCUT2D eigenvalue weighted by Gasteiger charge is 2.28. The molecule has 0 fully saturated rings. The minimum atomic E-state index is -0.527. The maximum absolute atomic E-state index is 13.0. The number of hydrogen-bond acceptors (Lipinski definition) is 3. The van der Waals surface area contributed by atoms with Gasteiger partial charge in [-0.1, -0.05) is 60.7 Å². The first-order valence-electron chi connectivity index (χ1n) is 10.0. The second kappa shape index (κ2) is 11.1. The third kappa shape index (κ3) is 8.32. The Balaban J connectivity index is 1.99. The van der Waals surface area contributed by atoms with E-state index in [2.05, 4.69) is 17.4 Å². The minimum absolute atomic E-state index is 0.00553. The van der Waals surface area contributed by atoms with Gasteiger partial charge in [0.15, 0.2) is 0 Å². The van der Waals surface area contributed by atoms with E-state index >= 15 is 0 Å². The van der Waals surface area contributed by atoms with Crippen molar-refractivity contribution in [1.29, 1.82) is 0 Å². The summed E-state index contributed by atoms with van der Waals surface area (Å²) in [4.78, 5) is 27.4. The molecule has 1 N–H and O–H groups in total. The molecule has 0 aliphatic rings. The first kappa shape index (κ1) is 23.0. The normalized spacial score (nSPS) is 12.3. The van der Waals surface area contributed by atoms with Crippen molar-refractivity contribution >= 4 is 23.6 Å². The molecule has 4 nitrogen and oxygen atoms in total. The van der Waals surface area contributed by atoms with Crippen molar-refractivity contribution in [2.24, 2.45) is 0 Å². The summed E-state index contributed by atoms with van der Waals surface area (Å²) in [5.74, 6) is 1.49. The summed E-state index contributed by atoms with van der Waals surface area (Å²) in [5, 5.41) is 2.99. The van der Waals surface area contributed by atoms with Crippen molar-refractivity contribution in [3.8, 4) is 0 Å². The monoisotopic (exact) mass is 412 g/mol. The van der Waals surface area contributed by atoms with Crippen LogP contribution < -0.4 is 5.32 Å². The first-order valence-corrected chi connectivity index (χ1v) is 11.2. The van der Waals surface area contributed by atoms with E-state index in [0.717, 1.165) is 17.1 Å². The highest BCUT2D eigenvalue weighted by Crippen LogP contribution is 2.16. The van der Waals surface area contributed by atoms with Crippen LogP contribution in [0.25, 0.3) is 0 Å². The van der Waals surface area contributed by atoms with E-state index in [1.165, 1.54) is 5.56 Å². The summed E-state index contributed by atoms with van der Waals surface area (Å²) in [7, 11) is 0. The zero-order valence-corrected chi connectivity index (χ0v) is 18.7. The van der Waals surface area contributed by atoms with Crippen LogP contribution in [0.2, 0.25) is 0 Å². The molecule has 0 saturated carbocycles. The quantitative estimate of drug-likeness (QED) is 0.610. The average molecular weight is 413 g/mol. The van der Waals surface area contributed by atoms with Gasteiger partial charge >= 0.3 is 0 Å². The Kier molecular flexibility index (Phi) is 8.77. The Morgan fingerprint density at radius 1 is 0.966 bits per heavy atom. The molecule has 29 heavy (non-hydrogen) atoms. The lowest BCUT2D eigenvalue weighted by molar-refractivity contribution is -0.140. The number of benzene rings is 2. The Labute approximate surface area is 179 Å². The fourth-order valence-electron chi connectivity index (χ4n) is 2.90. The van der Waals surface area contributed by atoms with Crippen molar-refractivity contribution in [2.75, 3.05) is 5.75 Å². The molecule has 5 heteroatoms. The predicted octanol–water partition coefficient (Wildman–Crippen LogP) is 4.64. The number of nitrogens with zero attached hydrogens (tertiary/aromatic N) is 1. The number of hydrogen-bond donors (Lipinski definition) is 1. The molecular formula is C24H32N2O2S. The van der Waals surface area contributed by atoms with E-state index in [1.807, 2.05) is 69.3 Å². The maximum Gasteiger partial charge on any atom is 0.242 e. The Hall–Kier alpha value is -2.27. The van der Waals surface area contributed by atoms with E-state index in [9.17, 15) is 9.59 Å². The molecule has 0 saturated heterocycles. The van der Waals surface area contributed by atoms with Crippen LogP contribution in [0.1, 0.15) is 45.2 Å². The van der Waals surface area contributed by atoms with Crippen molar-refractivity contribution < 1.29 is 9.59 Å². The van der Waals surface area contributed by atoms with Gasteiger partial charge in [0, 0.05) is 30.0 Å². The van der Waals surface area contributed by atoms with Gasteiger partial charge in [-0.3, -0.25) is 9.59 Å². The van der Waals surface area contributed by atoms with Crippen molar-refractivity contribution in [3.63, 3.8) is 0 Å². The molecule has 0 aliphatic carbocycles. The lowest BCUT2D eigenvalue weighted by Gasteiger charge is -2.31. The summed E-state index contributed by atoms with van der Waals surface area (Å²) in [5.41, 5.74) is 1.94. The summed E-state index contributed by atoms with van der Waals surface area (Å²) >= 11 is 1.74. The van der Waals surface area contributed by atoms with Gasteiger partial charge in [0.05, 0.1) is 0 Å². The summed E-state index contributed by atoms with van der Waals surface area (Å²) < 4.78 is 0. The lowest BCUT2D eigenvalue weighted by Crippen LogP contribution is -2.52. The number of thioether (sulfide) groups is 1. The highest BCUT2D eigenvalue weighted by atomic mass is 32.2. The highest BCUT2D eigenvalue weighted by molar-refractivity contribution is 7.98. The zero-order valence-electron chi connectivity index (χ0n) is 17.9. The van der Waals surface area contributed by atoms with Crippen LogP contribution in [0.3, 0.4) is 0 Å². The molecule has 0 spiro atoms. The number of rotatable bonds is 9. The predicted molar refractivity (Wildman–Crippen MR) is 122 cm³/mol. The minimum Gasteiger partial charge on any atom is -0.350 e. The summed E-state index contributed by atoms with van der Waals surface area (Å²) in [6, 6.07) is 19.5. The van der Waals surface area contributed by atoms with E-state index < -0.39 is 6.04 Å². The number of amides is 2. The molecule has 2 amide bonds. The van der Waals surface area contributed by atoms with Crippen molar-refractivity contribution in [2.45, 2.75) is 58.0 Å². The van der Waals surface area contributed by atoms with E-state index in [-0.39, 0.29) is 17.4 Å². The van der Waals surface area contributed by atoms with Crippen LogP contribution in [-0.2, 0) is 21.9 Å². The molecule has 0 radical (unpaired) electrons. The molecule has 2 aromatic carbocycles. The third-order valence-electron chi connectivity index (χ3n) is 4.43. The van der Waals surface area contributed by atoms with Crippen LogP contribution in [0.4, 0.5) is 0 Å². The Morgan fingerprint density at radius 2 is 1.52 bits per heavy atom. The number of carbonyl (C=O) groups is 2. The second-order valence-electron chi connectivity index (χ2n) is 8.21. The van der Waals surface area contributed by atoms with Crippen LogP contribution >= 0.6 is 11.8 Å². The molecule has 2 rings (SSSR count). The van der Waals surface area contributed by atoms with Crippen molar-refractivity contribution in [1.82, 2.24) is 10.2 Å². The van der Waals surface area contributed by atoms with Crippen LogP contribution in [-0.4, -0.2) is 34.0 Å². The topological polar surface area (TPSA) is 49.4 Å². The lowest BCUT2D eigenvalue weighted by atomic mass is 10.1. The maximum atomic E-state index is 13.0. The number of nitrogens with one attached hydrogen (secondary N) is 1. The van der Waals surface area contributed by atoms with Gasteiger partial charge in [-0.15, -0.1) is 0 Å². The molecule has 2 aromatic rings. The van der Waals surface area contributed by atoms with Gasteiger partial charge in [-0.25, -0.2) is 0 Å². The Morgan fingerprint density at radius 3 is 2.07 bits per heavy atom. The summed E-state index contributed by atoms with van der Waals surface area (Å²) in [6.07, 6.45) is 0.414. The van der Waals surface area contributed by atoms with Crippen molar-refractivity contribution in [3.05, 3.63) is 71.8 Å². The second-order valence-corrected chi connectivity index (χ2v) is 9.32. The Bertz CT molecular complexity index is 772. The first-order chi connectivity index (χ1) is 13.8. The van der Waals surface area contributed by atoms with Gasteiger partial charge in [0.1, 0.15) is 6.04 Å². The molecule has 0 aliphatic heterocycles. The SMILES string of the molecule is CC(C(=O)NC(C)(C)C)N(Cc1ccccc1)C(=O)CCSCc1ccccc1. The standard InChI is InChI=1S/C24H32N2O2S/c1-19(23(28)25-24(2,3)4)26(17-20-11-7-5-8-12-20)22(27)15-16-29-18-21-13-9-6-10-14-21/h5-14,19H,15-18H2,1-4H3,(H,25,28). The largest absolute Gasteiger partial charge is 0.350 e. The zero-order chi connectivity index (χ0) is 21.3. The molecule has 0 bridgehead atoms. The van der Waals surface area contributed by atoms with Gasteiger partial charge in [-0.05, 0) is 38.8 Å². The molecule has 0 aromatic heterocycles. The summed E-state index contributed by atoms with van der Waals surface area (Å²) in [6.45, 7) is 8.07. The fraction of sp³-hybridized carbons (Fsp3) is 0.417. The van der Waals surface area contributed by atoms with E-state index in [0.29, 0.717) is 13.0 Å². The molecular weight excluding hydrogens is 380 g/mol. The van der Waals surface area contributed by atoms with Crippen LogP contribution in [0, 0.1) is 0 Å². The average Bonchev–Trinajstić information content (AvgIpc) is 2.69. The smallest absolute Gasteiger partial charge is 0.242 e. The number of carbonyl (C=O) groups excluding carboxylic acids is 2. The van der Waals surface area contributed by atoms with E-state index in [4.69, 9.17) is 0 Å². The van der Waals surface area contributed by atoms with E-state index in [1.54, 1.807) is 23.6 Å². The fourth-order valence-corrected chi connectivity index (χ4v) is 3.80. The molecule has 1 atom stereocenters. The van der Waals surface area contributed by atoms with Gasteiger partial charge < -0.3 is 10.2 Å². The van der Waals surface area contributed by atoms with Gasteiger partial charge in [0.2, 0.25) is 11.8 Å². The molecule has 1 unspecified atom stereocenters.